The molecule has 2 unspecified atom stereocenters. The number of rotatable bonds is 9. The maximum absolute atomic E-state index is 10.6. The Labute approximate surface area is 128 Å². The van der Waals surface area contributed by atoms with Crippen molar-refractivity contribution in [3.8, 4) is 0 Å². The normalized spacial score (nSPS) is 19.5. The van der Waals surface area contributed by atoms with E-state index in [9.17, 15) is 4.80 Å². The summed E-state index contributed by atoms with van der Waals surface area (Å²) in [5.41, 5.74) is 0. The van der Waals surface area contributed by atoms with Gasteiger partial charge in [0.05, 0.1) is 11.5 Å². The summed E-state index contributed by atoms with van der Waals surface area (Å²) >= 11 is 0. The van der Waals surface area contributed by atoms with Gasteiger partial charge < -0.3 is 18.1 Å². The minimum atomic E-state index is -2.46. The van der Waals surface area contributed by atoms with Crippen LogP contribution in [0.2, 0.25) is 39.3 Å². The van der Waals surface area contributed by atoms with E-state index < -0.39 is 30.4 Å². The predicted octanol–water partition coefficient (Wildman–Crippen LogP) is 3.41. The SMILES string of the molecule is CCOC[Si](C)(OC(C)(CC)[Si](C)(C)O)O[Si](C)(C)C. The van der Waals surface area contributed by atoms with Crippen molar-refractivity contribution in [2.24, 2.45) is 0 Å². The molecule has 1 N–H and O–H groups in total. The van der Waals surface area contributed by atoms with Crippen LogP contribution in [0.15, 0.2) is 0 Å². The molecule has 2 atom stereocenters. The van der Waals surface area contributed by atoms with Crippen LogP contribution < -0.4 is 0 Å². The van der Waals surface area contributed by atoms with E-state index in [0.29, 0.717) is 12.8 Å². The van der Waals surface area contributed by atoms with Crippen molar-refractivity contribution < 1.29 is 18.1 Å². The van der Waals surface area contributed by atoms with Crippen molar-refractivity contribution in [3.63, 3.8) is 0 Å². The van der Waals surface area contributed by atoms with Gasteiger partial charge >= 0.3 is 8.56 Å². The van der Waals surface area contributed by atoms with E-state index in [2.05, 4.69) is 33.1 Å². The van der Waals surface area contributed by atoms with E-state index in [-0.39, 0.29) is 0 Å². The second kappa shape index (κ2) is 7.17. The minimum absolute atomic E-state index is 0.495. The average molecular weight is 339 g/mol. The van der Waals surface area contributed by atoms with Crippen LogP contribution in [0.25, 0.3) is 0 Å². The quantitative estimate of drug-likeness (QED) is 0.655. The van der Waals surface area contributed by atoms with Gasteiger partial charge in [-0.05, 0) is 59.6 Å². The van der Waals surface area contributed by atoms with Crippen molar-refractivity contribution >= 4 is 25.2 Å². The zero-order valence-corrected chi connectivity index (χ0v) is 17.8. The van der Waals surface area contributed by atoms with E-state index in [1.807, 2.05) is 26.9 Å². The summed E-state index contributed by atoms with van der Waals surface area (Å²) < 4.78 is 18.4. The standard InChI is InChI=1S/C13H34O4Si3/c1-10-13(3,19(7,8)14)16-20(9,12-15-11-2)17-18(4,5)6/h14H,10-12H2,1-9H3. The molecule has 0 aliphatic rings. The Bertz CT molecular complexity index is 301. The highest BCUT2D eigenvalue weighted by atomic mass is 28.4. The Kier molecular flexibility index (Phi) is 7.34. The zero-order valence-electron chi connectivity index (χ0n) is 14.8. The molecule has 0 rings (SSSR count). The van der Waals surface area contributed by atoms with Gasteiger partial charge in [0.2, 0.25) is 8.32 Å². The van der Waals surface area contributed by atoms with E-state index >= 15 is 0 Å². The molecule has 0 saturated heterocycles. The van der Waals surface area contributed by atoms with Crippen molar-refractivity contribution in [2.75, 3.05) is 12.8 Å². The molecule has 4 nitrogen and oxygen atoms in total. The molecule has 0 fully saturated rings. The second-order valence-electron chi connectivity index (χ2n) is 7.23. The summed E-state index contributed by atoms with van der Waals surface area (Å²) in [7, 11) is -6.62. The van der Waals surface area contributed by atoms with E-state index in [1.165, 1.54) is 0 Å². The molecule has 0 aliphatic heterocycles. The van der Waals surface area contributed by atoms with Gasteiger partial charge in [-0.15, -0.1) is 0 Å². The molecule has 122 valence electrons. The lowest BCUT2D eigenvalue weighted by Crippen LogP contribution is -2.63. The molecule has 0 radical (unpaired) electrons. The molecule has 20 heavy (non-hydrogen) atoms. The fraction of sp³-hybridized carbons (Fsp3) is 1.00. The van der Waals surface area contributed by atoms with Crippen LogP contribution in [-0.2, 0) is 13.3 Å². The van der Waals surface area contributed by atoms with Crippen molar-refractivity contribution in [1.82, 2.24) is 0 Å². The van der Waals surface area contributed by atoms with Crippen LogP contribution in [0.5, 0.6) is 0 Å². The van der Waals surface area contributed by atoms with Crippen LogP contribution >= 0.6 is 0 Å². The third-order valence-electron chi connectivity index (χ3n) is 3.50. The van der Waals surface area contributed by atoms with E-state index in [1.54, 1.807) is 0 Å². The highest BCUT2D eigenvalue weighted by Gasteiger charge is 2.49. The highest BCUT2D eigenvalue weighted by Crippen LogP contribution is 2.31. The molecular formula is C13H34O4Si3. The lowest BCUT2D eigenvalue weighted by molar-refractivity contribution is 0.0721. The van der Waals surface area contributed by atoms with E-state index in [0.717, 1.165) is 6.42 Å². The van der Waals surface area contributed by atoms with Crippen LogP contribution in [0.4, 0.5) is 0 Å². The summed E-state index contributed by atoms with van der Waals surface area (Å²) in [6.45, 7) is 19.1. The maximum Gasteiger partial charge on any atom is 0.351 e. The van der Waals surface area contributed by atoms with Gasteiger partial charge in [0, 0.05) is 6.61 Å². The average Bonchev–Trinajstić information content (AvgIpc) is 2.22. The first-order chi connectivity index (χ1) is 8.79. The first-order valence-corrected chi connectivity index (χ1v) is 16.4. The zero-order chi connectivity index (χ0) is 16.2. The topological polar surface area (TPSA) is 47.9 Å². The molecule has 0 heterocycles. The van der Waals surface area contributed by atoms with Gasteiger partial charge in [-0.2, -0.15) is 0 Å². The lowest BCUT2D eigenvalue weighted by atomic mass is 10.3. The van der Waals surface area contributed by atoms with Gasteiger partial charge in [0.15, 0.2) is 8.32 Å². The van der Waals surface area contributed by atoms with Crippen molar-refractivity contribution in [1.29, 1.82) is 0 Å². The van der Waals surface area contributed by atoms with Gasteiger partial charge in [0.25, 0.3) is 0 Å². The molecule has 0 aliphatic carbocycles. The Morgan fingerprint density at radius 2 is 1.50 bits per heavy atom. The fourth-order valence-corrected chi connectivity index (χ4v) is 11.9. The molecule has 7 heteroatoms. The number of ether oxygens (including phenoxy) is 1. The molecule has 0 bridgehead atoms. The van der Waals surface area contributed by atoms with E-state index in [4.69, 9.17) is 13.3 Å². The van der Waals surface area contributed by atoms with Crippen molar-refractivity contribution in [3.05, 3.63) is 0 Å². The molecule has 0 aromatic rings. The van der Waals surface area contributed by atoms with Gasteiger partial charge in [-0.1, -0.05) is 6.92 Å². The highest BCUT2D eigenvalue weighted by molar-refractivity contribution is 6.82. The summed E-state index contributed by atoms with van der Waals surface area (Å²) in [6, 6.07) is 0. The first-order valence-electron chi connectivity index (χ1n) is 7.49. The van der Waals surface area contributed by atoms with Gasteiger partial charge in [-0.25, -0.2) is 0 Å². The molecule has 0 aromatic heterocycles. The molecule has 0 amide bonds. The monoisotopic (exact) mass is 338 g/mol. The van der Waals surface area contributed by atoms with Crippen LogP contribution in [-0.4, -0.2) is 48.1 Å². The van der Waals surface area contributed by atoms with Crippen LogP contribution in [0.1, 0.15) is 27.2 Å². The first kappa shape index (κ1) is 20.5. The van der Waals surface area contributed by atoms with Crippen molar-refractivity contribution in [2.45, 2.75) is 71.7 Å². The maximum atomic E-state index is 10.6. The molecule has 0 aromatic carbocycles. The fourth-order valence-electron chi connectivity index (χ4n) is 2.12. The summed E-state index contributed by atoms with van der Waals surface area (Å²) in [6.07, 6.45) is 1.31. The smallest absolute Gasteiger partial charge is 0.351 e. The minimum Gasteiger partial charge on any atom is -0.435 e. The number of hydrogen-bond acceptors (Lipinski definition) is 4. The van der Waals surface area contributed by atoms with Gasteiger partial charge in [-0.3, -0.25) is 0 Å². The Hall–Kier alpha value is 0.491. The third-order valence-corrected chi connectivity index (χ3v) is 12.5. The predicted molar refractivity (Wildman–Crippen MR) is 92.0 cm³/mol. The van der Waals surface area contributed by atoms with Crippen LogP contribution in [0.3, 0.4) is 0 Å². The van der Waals surface area contributed by atoms with Gasteiger partial charge in [0.1, 0.15) is 0 Å². The third kappa shape index (κ3) is 6.50. The Morgan fingerprint density at radius 3 is 1.80 bits per heavy atom. The summed E-state index contributed by atoms with van der Waals surface area (Å²) in [5.74, 6) is 0. The molecule has 0 saturated carbocycles. The summed E-state index contributed by atoms with van der Waals surface area (Å²) in [5, 5.41) is -0.495. The van der Waals surface area contributed by atoms with Crippen LogP contribution in [0, 0.1) is 0 Å². The lowest BCUT2D eigenvalue weighted by Gasteiger charge is -2.45. The largest absolute Gasteiger partial charge is 0.435 e. The molecule has 0 spiro atoms. The second-order valence-corrected chi connectivity index (χ2v) is 19.2. The Morgan fingerprint density at radius 1 is 1.00 bits per heavy atom. The molecular weight excluding hydrogens is 304 g/mol. The number of hydrogen-bond donors (Lipinski definition) is 1. The summed E-state index contributed by atoms with van der Waals surface area (Å²) in [4.78, 5) is 10.6. The Balaban J connectivity index is 5.23.